The molecule has 1 N–H and O–H groups in total. The Morgan fingerprint density at radius 2 is 2.25 bits per heavy atom. The molecule has 0 fully saturated rings. The van der Waals surface area contributed by atoms with Crippen LogP contribution in [0.3, 0.4) is 0 Å². The van der Waals surface area contributed by atoms with E-state index in [-0.39, 0.29) is 17.1 Å². The number of nitrogens with zero attached hydrogens (tertiary/aromatic N) is 1. The van der Waals surface area contributed by atoms with Gasteiger partial charge in [-0.3, -0.25) is 4.79 Å². The van der Waals surface area contributed by atoms with Gasteiger partial charge in [0.15, 0.2) is 5.13 Å². The van der Waals surface area contributed by atoms with E-state index in [9.17, 15) is 4.79 Å². The predicted octanol–water partition coefficient (Wildman–Crippen LogP) is 3.59. The summed E-state index contributed by atoms with van der Waals surface area (Å²) in [5, 5.41) is 3.08. The van der Waals surface area contributed by atoms with Crippen LogP contribution in [0.25, 0.3) is 10.2 Å². The number of thiazole rings is 1. The van der Waals surface area contributed by atoms with Gasteiger partial charge in [-0.05, 0) is 31.0 Å². The molecule has 0 spiro atoms. The Kier molecular flexibility index (Phi) is 4.88. The van der Waals surface area contributed by atoms with Crippen LogP contribution in [0.4, 0.5) is 5.13 Å². The first-order valence-electron chi connectivity index (χ1n) is 6.53. The number of nitrogens with one attached hydrogen (secondary N) is 1. The van der Waals surface area contributed by atoms with Gasteiger partial charge in [0.2, 0.25) is 5.91 Å². The zero-order valence-electron chi connectivity index (χ0n) is 11.7. The molecule has 0 aliphatic heterocycles. The number of aromatic nitrogens is 1. The van der Waals surface area contributed by atoms with E-state index in [1.54, 1.807) is 0 Å². The van der Waals surface area contributed by atoms with Gasteiger partial charge in [-0.2, -0.15) is 12.6 Å². The van der Waals surface area contributed by atoms with E-state index in [4.69, 9.17) is 4.74 Å². The number of amides is 1. The third kappa shape index (κ3) is 3.43. The summed E-state index contributed by atoms with van der Waals surface area (Å²) in [5.74, 6) is 0.875. The molecule has 0 aliphatic rings. The molecule has 4 nitrogen and oxygen atoms in total. The fourth-order valence-electron chi connectivity index (χ4n) is 1.70. The molecule has 2 aromatic rings. The number of thiol groups is 1. The SMILES string of the molecule is CCOc1ccc2nc(NC(=O)C(S)C(C)C)sc2c1. The second-order valence-corrected chi connectivity index (χ2v) is 6.35. The highest BCUT2D eigenvalue weighted by Crippen LogP contribution is 2.29. The molecule has 1 unspecified atom stereocenters. The lowest BCUT2D eigenvalue weighted by atomic mass is 10.1. The zero-order chi connectivity index (χ0) is 14.7. The standard InChI is InChI=1S/C14H18N2O2S2/c1-4-18-9-5-6-10-11(7-9)20-14(15-10)16-13(17)12(19)8(2)3/h5-8,12,19H,4H2,1-3H3,(H,15,16,17). The second-order valence-electron chi connectivity index (χ2n) is 4.76. The van der Waals surface area contributed by atoms with Crippen LogP contribution >= 0.6 is 24.0 Å². The maximum absolute atomic E-state index is 12.0. The van der Waals surface area contributed by atoms with Crippen molar-refractivity contribution >= 4 is 45.2 Å². The zero-order valence-corrected chi connectivity index (χ0v) is 13.4. The molecule has 0 saturated heterocycles. The van der Waals surface area contributed by atoms with Crippen LogP contribution < -0.4 is 10.1 Å². The normalized spacial score (nSPS) is 12.7. The Balaban J connectivity index is 2.17. The van der Waals surface area contributed by atoms with Gasteiger partial charge < -0.3 is 10.1 Å². The van der Waals surface area contributed by atoms with E-state index in [0.29, 0.717) is 11.7 Å². The molecule has 0 radical (unpaired) electrons. The average Bonchev–Trinajstić information content (AvgIpc) is 2.79. The number of hydrogen-bond donors (Lipinski definition) is 2. The Morgan fingerprint density at radius 3 is 2.90 bits per heavy atom. The second kappa shape index (κ2) is 6.45. The van der Waals surface area contributed by atoms with Crippen molar-refractivity contribution in [3.05, 3.63) is 18.2 Å². The molecule has 0 aliphatic carbocycles. The minimum Gasteiger partial charge on any atom is -0.494 e. The van der Waals surface area contributed by atoms with Crippen LogP contribution in [0.2, 0.25) is 0 Å². The summed E-state index contributed by atoms with van der Waals surface area (Å²) >= 11 is 5.74. The molecular weight excluding hydrogens is 292 g/mol. The number of hydrogen-bond acceptors (Lipinski definition) is 5. The van der Waals surface area contributed by atoms with E-state index in [1.165, 1.54) is 11.3 Å². The molecule has 1 heterocycles. The Bertz CT molecular complexity index is 610. The van der Waals surface area contributed by atoms with Gasteiger partial charge >= 0.3 is 0 Å². The van der Waals surface area contributed by atoms with E-state index >= 15 is 0 Å². The average molecular weight is 310 g/mol. The smallest absolute Gasteiger partial charge is 0.239 e. The summed E-state index contributed by atoms with van der Waals surface area (Å²) in [6, 6.07) is 5.71. The first kappa shape index (κ1) is 15.1. The van der Waals surface area contributed by atoms with Crippen molar-refractivity contribution in [3.8, 4) is 5.75 Å². The fourth-order valence-corrected chi connectivity index (χ4v) is 2.66. The highest BCUT2D eigenvalue weighted by atomic mass is 32.1. The molecule has 2 rings (SSSR count). The van der Waals surface area contributed by atoms with Gasteiger partial charge in [-0.25, -0.2) is 4.98 Å². The van der Waals surface area contributed by atoms with E-state index in [0.717, 1.165) is 16.0 Å². The summed E-state index contributed by atoms with van der Waals surface area (Å²) in [7, 11) is 0. The van der Waals surface area contributed by atoms with Gasteiger partial charge in [0.1, 0.15) is 5.75 Å². The molecule has 1 aromatic heterocycles. The van der Waals surface area contributed by atoms with E-state index in [2.05, 4.69) is 22.9 Å². The van der Waals surface area contributed by atoms with E-state index < -0.39 is 0 Å². The van der Waals surface area contributed by atoms with Gasteiger partial charge in [0, 0.05) is 0 Å². The lowest BCUT2D eigenvalue weighted by molar-refractivity contribution is -0.116. The lowest BCUT2D eigenvalue weighted by Crippen LogP contribution is -2.27. The Morgan fingerprint density at radius 1 is 1.50 bits per heavy atom. The molecule has 6 heteroatoms. The number of carbonyl (C=O) groups is 1. The van der Waals surface area contributed by atoms with Crippen LogP contribution in [0.5, 0.6) is 5.75 Å². The van der Waals surface area contributed by atoms with Crippen molar-refractivity contribution in [1.29, 1.82) is 0 Å². The summed E-state index contributed by atoms with van der Waals surface area (Å²) in [5.41, 5.74) is 0.856. The van der Waals surface area contributed by atoms with Crippen molar-refractivity contribution in [2.45, 2.75) is 26.0 Å². The van der Waals surface area contributed by atoms with Crippen molar-refractivity contribution in [2.75, 3.05) is 11.9 Å². The summed E-state index contributed by atoms with van der Waals surface area (Å²) < 4.78 is 6.45. The number of benzene rings is 1. The van der Waals surface area contributed by atoms with Crippen LogP contribution in [0.15, 0.2) is 18.2 Å². The monoisotopic (exact) mass is 310 g/mol. The lowest BCUT2D eigenvalue weighted by Gasteiger charge is -2.12. The molecule has 0 bridgehead atoms. The topological polar surface area (TPSA) is 51.2 Å². The van der Waals surface area contributed by atoms with Gasteiger partial charge in [-0.15, -0.1) is 0 Å². The van der Waals surface area contributed by atoms with Crippen molar-refractivity contribution in [2.24, 2.45) is 5.92 Å². The summed E-state index contributed by atoms with van der Waals surface area (Å²) in [6.45, 7) is 6.50. The highest BCUT2D eigenvalue weighted by molar-refractivity contribution is 7.81. The third-order valence-corrected chi connectivity index (χ3v) is 4.57. The fraction of sp³-hybridized carbons (Fsp3) is 0.429. The van der Waals surface area contributed by atoms with Crippen molar-refractivity contribution in [3.63, 3.8) is 0 Å². The van der Waals surface area contributed by atoms with Gasteiger partial charge in [0.05, 0.1) is 22.1 Å². The third-order valence-electron chi connectivity index (χ3n) is 2.80. The molecule has 1 atom stereocenters. The minimum absolute atomic E-state index is 0.118. The first-order valence-corrected chi connectivity index (χ1v) is 7.87. The van der Waals surface area contributed by atoms with Gasteiger partial charge in [-0.1, -0.05) is 25.2 Å². The van der Waals surface area contributed by atoms with Crippen molar-refractivity contribution in [1.82, 2.24) is 4.98 Å². The van der Waals surface area contributed by atoms with Crippen molar-refractivity contribution < 1.29 is 9.53 Å². The first-order chi connectivity index (χ1) is 9.51. The number of anilines is 1. The quantitative estimate of drug-likeness (QED) is 0.830. The van der Waals surface area contributed by atoms with Gasteiger partial charge in [0.25, 0.3) is 0 Å². The maximum Gasteiger partial charge on any atom is 0.239 e. The summed E-state index contributed by atoms with van der Waals surface area (Å²) in [4.78, 5) is 16.3. The maximum atomic E-state index is 12.0. The van der Waals surface area contributed by atoms with Crippen LogP contribution in [-0.2, 0) is 4.79 Å². The number of fused-ring (bicyclic) bond motifs is 1. The number of rotatable bonds is 5. The Hall–Kier alpha value is -1.27. The van der Waals surface area contributed by atoms with Crippen LogP contribution in [-0.4, -0.2) is 22.7 Å². The molecule has 1 aromatic carbocycles. The molecule has 108 valence electrons. The van der Waals surface area contributed by atoms with Crippen LogP contribution in [0.1, 0.15) is 20.8 Å². The largest absolute Gasteiger partial charge is 0.494 e. The summed E-state index contributed by atoms with van der Waals surface area (Å²) in [6.07, 6.45) is 0. The molecular formula is C14H18N2O2S2. The number of ether oxygens (including phenoxy) is 1. The highest BCUT2D eigenvalue weighted by Gasteiger charge is 2.19. The Labute approximate surface area is 128 Å². The molecule has 0 saturated carbocycles. The number of carbonyl (C=O) groups excluding carboxylic acids is 1. The van der Waals surface area contributed by atoms with Crippen LogP contribution in [0, 0.1) is 5.92 Å². The van der Waals surface area contributed by atoms with E-state index in [1.807, 2.05) is 39.0 Å². The predicted molar refractivity (Wildman–Crippen MR) is 87.0 cm³/mol. The molecule has 20 heavy (non-hydrogen) atoms. The minimum atomic E-state index is -0.332. The molecule has 1 amide bonds.